The minimum Gasteiger partial charge on any atom is -0.481 e. The minimum atomic E-state index is -1.26. The van der Waals surface area contributed by atoms with Gasteiger partial charge in [-0.1, -0.05) is 45.7 Å². The van der Waals surface area contributed by atoms with Crippen molar-refractivity contribution in [3.05, 3.63) is 41.4 Å². The van der Waals surface area contributed by atoms with Crippen LogP contribution in [0.1, 0.15) is 24.8 Å². The molecule has 1 aromatic carbocycles. The summed E-state index contributed by atoms with van der Waals surface area (Å²) < 4.78 is 6.29. The van der Waals surface area contributed by atoms with Crippen LogP contribution in [0.5, 0.6) is 0 Å². The second-order valence-corrected chi connectivity index (χ2v) is 10.7. The van der Waals surface area contributed by atoms with E-state index in [1.807, 2.05) is 13.0 Å². The first kappa shape index (κ1) is 25.2. The smallest absolute Gasteiger partial charge is 0.310 e. The molecule has 0 aliphatic carbocycles. The van der Waals surface area contributed by atoms with Crippen LogP contribution in [-0.2, 0) is 19.1 Å². The Morgan fingerprint density at radius 2 is 2.15 bits per heavy atom. The molecule has 1 aromatic rings. The first-order chi connectivity index (χ1) is 16.2. The fourth-order valence-corrected chi connectivity index (χ4v) is 7.13. The largest absolute Gasteiger partial charge is 0.481 e. The molecule has 1 unspecified atom stereocenters. The molecule has 3 fully saturated rings. The summed E-state index contributed by atoms with van der Waals surface area (Å²) in [6.45, 7) is 5.95. The quantitative estimate of drug-likeness (QED) is 0.276. The molecule has 1 spiro atoms. The Bertz CT molecular complexity index is 1000. The van der Waals surface area contributed by atoms with E-state index >= 15 is 0 Å². The number of ether oxygens (including phenoxy) is 1. The van der Waals surface area contributed by atoms with Gasteiger partial charge in [-0.25, -0.2) is 0 Å². The normalized spacial score (nSPS) is 31.6. The fraction of sp³-hybridized carbons (Fsp3) is 0.542. The molecule has 2 bridgehead atoms. The number of likely N-dealkylation sites (tertiary alicyclic amines) is 1. The molecule has 3 heterocycles. The Morgan fingerprint density at radius 1 is 1.41 bits per heavy atom. The zero-order valence-electron chi connectivity index (χ0n) is 18.8. The lowest BCUT2D eigenvalue weighted by Gasteiger charge is -2.37. The van der Waals surface area contributed by atoms with Crippen LogP contribution in [0.15, 0.2) is 30.9 Å². The van der Waals surface area contributed by atoms with Gasteiger partial charge in [0.25, 0.3) is 5.91 Å². The molecule has 3 aliphatic heterocycles. The number of alkyl halides is 1. The lowest BCUT2D eigenvalue weighted by atomic mass is 9.70. The number of benzene rings is 1. The molecule has 2 amide bonds. The van der Waals surface area contributed by atoms with Crippen molar-refractivity contribution in [1.82, 2.24) is 4.90 Å². The summed E-state index contributed by atoms with van der Waals surface area (Å²) in [6.07, 6.45) is 2.16. The number of carbonyl (C=O) groups is 3. The summed E-state index contributed by atoms with van der Waals surface area (Å²) in [4.78, 5) is 42.8. The highest BCUT2D eigenvalue weighted by Crippen LogP contribution is 2.60. The Hall–Kier alpha value is -1.94. The maximum absolute atomic E-state index is 14.3. The molecular weight excluding hydrogens is 528 g/mol. The maximum atomic E-state index is 14.3. The molecular formula is C24H28BrClN2O6. The van der Waals surface area contributed by atoms with Gasteiger partial charge >= 0.3 is 5.97 Å². The molecule has 3 aliphatic rings. The number of carboxylic acids is 1. The van der Waals surface area contributed by atoms with E-state index in [-0.39, 0.29) is 36.3 Å². The highest BCUT2D eigenvalue weighted by atomic mass is 79.9. The van der Waals surface area contributed by atoms with Crippen molar-refractivity contribution in [3.8, 4) is 0 Å². The molecule has 3 saturated heterocycles. The maximum Gasteiger partial charge on any atom is 0.310 e. The Kier molecular flexibility index (Phi) is 7.11. The lowest BCUT2D eigenvalue weighted by molar-refractivity contribution is -0.149. The summed E-state index contributed by atoms with van der Waals surface area (Å²) in [5, 5.41) is 19.6. The van der Waals surface area contributed by atoms with Crippen molar-refractivity contribution in [2.24, 2.45) is 11.8 Å². The number of aliphatic hydroxyl groups excluding tert-OH is 1. The number of aryl methyl sites for hydroxylation is 1. The number of aliphatic carboxylic acids is 1. The molecule has 0 radical (unpaired) electrons. The van der Waals surface area contributed by atoms with Gasteiger partial charge in [-0.15, -0.1) is 6.58 Å². The van der Waals surface area contributed by atoms with Gasteiger partial charge in [-0.05, 0) is 37.8 Å². The van der Waals surface area contributed by atoms with Crippen LogP contribution in [0.25, 0.3) is 0 Å². The highest BCUT2D eigenvalue weighted by molar-refractivity contribution is 9.09. The van der Waals surface area contributed by atoms with Gasteiger partial charge in [0.2, 0.25) is 5.91 Å². The molecule has 4 rings (SSSR count). The number of rotatable bonds is 9. The van der Waals surface area contributed by atoms with Crippen LogP contribution < -0.4 is 4.90 Å². The van der Waals surface area contributed by atoms with Crippen molar-refractivity contribution in [3.63, 3.8) is 0 Å². The standard InChI is InChI=1S/C24H28BrClN2O6/c1-3-9-27(18-13(2)7-6-8-15(18)26)22(31)20-24-12-14(25)19(34-24)16(23(32)33)17(24)21(30)28(20)10-4-5-11-29/h3,6-8,14,16-17,19-20,29H,1,4-5,9-12H2,2H3,(H,32,33)/t14?,16-,17+,19-,20-,24+/m1/s1. The number of aliphatic hydroxyl groups is 1. The first-order valence-electron chi connectivity index (χ1n) is 11.3. The Labute approximate surface area is 211 Å². The van der Waals surface area contributed by atoms with E-state index in [2.05, 4.69) is 22.5 Å². The predicted molar refractivity (Wildman–Crippen MR) is 130 cm³/mol. The number of hydrogen-bond acceptors (Lipinski definition) is 5. The van der Waals surface area contributed by atoms with Gasteiger partial charge in [0.15, 0.2) is 0 Å². The summed E-state index contributed by atoms with van der Waals surface area (Å²) >= 11 is 10.0. The number of anilines is 1. The number of hydrogen-bond donors (Lipinski definition) is 2. The summed E-state index contributed by atoms with van der Waals surface area (Å²) in [7, 11) is 0. The van der Waals surface area contributed by atoms with Crippen molar-refractivity contribution in [1.29, 1.82) is 0 Å². The van der Waals surface area contributed by atoms with E-state index in [4.69, 9.17) is 16.3 Å². The van der Waals surface area contributed by atoms with Crippen molar-refractivity contribution < 1.29 is 29.3 Å². The molecule has 10 heteroatoms. The average Bonchev–Trinajstić information content (AvgIpc) is 3.36. The molecule has 6 atom stereocenters. The molecule has 0 saturated carbocycles. The van der Waals surface area contributed by atoms with Crippen LogP contribution >= 0.6 is 27.5 Å². The third-order valence-corrected chi connectivity index (χ3v) is 8.30. The van der Waals surface area contributed by atoms with E-state index in [1.54, 1.807) is 18.2 Å². The third kappa shape index (κ3) is 3.77. The molecule has 0 aromatic heterocycles. The highest BCUT2D eigenvalue weighted by Gasteiger charge is 2.76. The second-order valence-electron chi connectivity index (χ2n) is 9.11. The number of para-hydroxylation sites is 1. The molecule has 2 N–H and O–H groups in total. The summed E-state index contributed by atoms with van der Waals surface area (Å²) in [5.41, 5.74) is 0.0462. The van der Waals surface area contributed by atoms with E-state index in [9.17, 15) is 24.6 Å². The molecule has 184 valence electrons. The number of nitrogens with zero attached hydrogens (tertiary/aromatic N) is 2. The molecule has 8 nitrogen and oxygen atoms in total. The van der Waals surface area contributed by atoms with E-state index in [1.165, 1.54) is 9.80 Å². The number of fused-ring (bicyclic) bond motifs is 1. The number of carboxylic acid groups (broad SMARTS) is 1. The zero-order valence-corrected chi connectivity index (χ0v) is 21.2. The zero-order chi connectivity index (χ0) is 24.8. The van der Waals surface area contributed by atoms with Gasteiger partial charge in [0.1, 0.15) is 11.6 Å². The first-order valence-corrected chi connectivity index (χ1v) is 12.6. The van der Waals surface area contributed by atoms with E-state index in [0.29, 0.717) is 30.0 Å². The third-order valence-electron chi connectivity index (χ3n) is 7.15. The monoisotopic (exact) mass is 554 g/mol. The number of halogens is 2. The van der Waals surface area contributed by atoms with Crippen LogP contribution in [0.2, 0.25) is 5.02 Å². The topological polar surface area (TPSA) is 107 Å². The molecule has 34 heavy (non-hydrogen) atoms. The second kappa shape index (κ2) is 9.60. The number of amides is 2. The van der Waals surface area contributed by atoms with Crippen molar-refractivity contribution in [2.45, 2.75) is 48.8 Å². The minimum absolute atomic E-state index is 0.0452. The average molecular weight is 556 g/mol. The Morgan fingerprint density at radius 3 is 2.76 bits per heavy atom. The van der Waals surface area contributed by atoms with Crippen molar-refractivity contribution in [2.75, 3.05) is 24.6 Å². The van der Waals surface area contributed by atoms with Crippen molar-refractivity contribution >= 4 is 51.0 Å². The van der Waals surface area contributed by atoms with Crippen LogP contribution in [0, 0.1) is 18.8 Å². The fourth-order valence-electron chi connectivity index (χ4n) is 5.86. The number of unbranched alkanes of at least 4 members (excludes halogenated alkanes) is 1. The van der Waals surface area contributed by atoms with E-state index in [0.717, 1.165) is 5.56 Å². The van der Waals surface area contributed by atoms with E-state index < -0.39 is 35.6 Å². The number of carbonyl (C=O) groups excluding carboxylic acids is 2. The SMILES string of the molecule is C=CCN(C(=O)[C@H]1N(CCCCO)C(=O)[C@@H]2[C@@H](C(=O)O)[C@@H]3O[C@@]21CC3Br)c1c(C)cccc1Cl. The van der Waals surface area contributed by atoms with Gasteiger partial charge in [0, 0.05) is 24.5 Å². The van der Waals surface area contributed by atoms with Gasteiger partial charge < -0.3 is 24.7 Å². The predicted octanol–water partition coefficient (Wildman–Crippen LogP) is 2.77. The lowest BCUT2D eigenvalue weighted by Crippen LogP contribution is -2.57. The van der Waals surface area contributed by atoms with Crippen LogP contribution in [0.4, 0.5) is 5.69 Å². The van der Waals surface area contributed by atoms with Crippen LogP contribution in [0.3, 0.4) is 0 Å². The summed E-state index contributed by atoms with van der Waals surface area (Å²) in [5.74, 6) is -3.88. The van der Waals surface area contributed by atoms with Crippen LogP contribution in [-0.4, -0.2) is 75.2 Å². The van der Waals surface area contributed by atoms with Gasteiger partial charge in [-0.2, -0.15) is 0 Å². The summed E-state index contributed by atoms with van der Waals surface area (Å²) in [6, 6.07) is 4.31. The Balaban J connectivity index is 1.82. The van der Waals surface area contributed by atoms with Gasteiger partial charge in [-0.3, -0.25) is 14.4 Å². The van der Waals surface area contributed by atoms with Gasteiger partial charge in [0.05, 0.1) is 28.6 Å².